The molecule has 0 spiro atoms. The number of carbonyl (C=O) groups is 1. The molecule has 0 saturated heterocycles. The van der Waals surface area contributed by atoms with Crippen LogP contribution < -0.4 is 11.1 Å². The Hall–Kier alpha value is -0.610. The molecular formula is C9H21N3O. The Morgan fingerprint density at radius 3 is 2.38 bits per heavy atom. The van der Waals surface area contributed by atoms with Crippen molar-refractivity contribution in [1.82, 2.24) is 10.2 Å². The maximum atomic E-state index is 11.4. The molecule has 0 radical (unpaired) electrons. The molecule has 0 aliphatic rings. The number of nitrogens with zero attached hydrogens (tertiary/aromatic N) is 1. The fourth-order valence-corrected chi connectivity index (χ4v) is 1.03. The molecule has 1 unspecified atom stereocenters. The molecule has 0 aromatic carbocycles. The van der Waals surface area contributed by atoms with E-state index in [4.69, 9.17) is 5.73 Å². The third-order valence-electron chi connectivity index (χ3n) is 2.07. The molecular weight excluding hydrogens is 166 g/mol. The lowest BCUT2D eigenvalue weighted by atomic mass is 10.3. The van der Waals surface area contributed by atoms with Crippen LogP contribution in [0.5, 0.6) is 0 Å². The highest BCUT2D eigenvalue weighted by atomic mass is 16.2. The Morgan fingerprint density at radius 1 is 1.46 bits per heavy atom. The fraction of sp³-hybridized carbons (Fsp3) is 0.889. The topological polar surface area (TPSA) is 58.4 Å². The second kappa shape index (κ2) is 6.86. The van der Waals surface area contributed by atoms with E-state index in [0.29, 0.717) is 13.1 Å². The zero-order chi connectivity index (χ0) is 10.3. The van der Waals surface area contributed by atoms with Crippen molar-refractivity contribution in [2.24, 2.45) is 5.73 Å². The summed E-state index contributed by atoms with van der Waals surface area (Å²) in [7, 11) is 0. The standard InChI is InChI=1S/C9H21N3O/c1-4-12(5-2)9(13)7-11-8(3)6-10/h8,11H,4-7,10H2,1-3H3. The molecule has 1 atom stereocenters. The van der Waals surface area contributed by atoms with Gasteiger partial charge in [0.05, 0.1) is 6.54 Å². The highest BCUT2D eigenvalue weighted by Gasteiger charge is 2.09. The summed E-state index contributed by atoms with van der Waals surface area (Å²) < 4.78 is 0. The molecule has 0 saturated carbocycles. The first-order valence-corrected chi connectivity index (χ1v) is 4.86. The first-order chi connectivity index (χ1) is 6.15. The van der Waals surface area contributed by atoms with Gasteiger partial charge in [-0.2, -0.15) is 0 Å². The van der Waals surface area contributed by atoms with Gasteiger partial charge in [-0.25, -0.2) is 0 Å². The lowest BCUT2D eigenvalue weighted by Gasteiger charge is -2.20. The smallest absolute Gasteiger partial charge is 0.236 e. The molecule has 0 aliphatic carbocycles. The van der Waals surface area contributed by atoms with Gasteiger partial charge < -0.3 is 16.0 Å². The van der Waals surface area contributed by atoms with E-state index in [-0.39, 0.29) is 11.9 Å². The van der Waals surface area contributed by atoms with Gasteiger partial charge in [-0.3, -0.25) is 4.79 Å². The summed E-state index contributed by atoms with van der Waals surface area (Å²) in [5.74, 6) is 0.144. The van der Waals surface area contributed by atoms with Gasteiger partial charge in [0, 0.05) is 25.7 Å². The van der Waals surface area contributed by atoms with Crippen LogP contribution in [-0.2, 0) is 4.79 Å². The van der Waals surface area contributed by atoms with E-state index < -0.39 is 0 Å². The molecule has 4 nitrogen and oxygen atoms in total. The summed E-state index contributed by atoms with van der Waals surface area (Å²) in [6.07, 6.45) is 0. The number of likely N-dealkylation sites (N-methyl/N-ethyl adjacent to an activating group) is 1. The number of hydrogen-bond donors (Lipinski definition) is 2. The molecule has 0 aliphatic heterocycles. The van der Waals surface area contributed by atoms with Crippen LogP contribution in [0, 0.1) is 0 Å². The minimum Gasteiger partial charge on any atom is -0.342 e. The van der Waals surface area contributed by atoms with E-state index in [9.17, 15) is 4.79 Å². The van der Waals surface area contributed by atoms with Crippen molar-refractivity contribution in [2.75, 3.05) is 26.2 Å². The van der Waals surface area contributed by atoms with Crippen LogP contribution in [0.1, 0.15) is 20.8 Å². The molecule has 3 N–H and O–H groups in total. The van der Waals surface area contributed by atoms with Crippen LogP contribution in [-0.4, -0.2) is 43.0 Å². The Morgan fingerprint density at radius 2 is 2.00 bits per heavy atom. The van der Waals surface area contributed by atoms with Gasteiger partial charge >= 0.3 is 0 Å². The molecule has 1 amide bonds. The van der Waals surface area contributed by atoms with Crippen molar-refractivity contribution in [2.45, 2.75) is 26.8 Å². The van der Waals surface area contributed by atoms with Crippen LogP contribution in [0.2, 0.25) is 0 Å². The summed E-state index contributed by atoms with van der Waals surface area (Å²) in [5.41, 5.74) is 5.41. The second-order valence-electron chi connectivity index (χ2n) is 3.08. The molecule has 4 heteroatoms. The first kappa shape index (κ1) is 12.4. The number of carbonyl (C=O) groups excluding carboxylic acids is 1. The Bertz CT molecular complexity index is 146. The average molecular weight is 187 g/mol. The summed E-state index contributed by atoms with van der Waals surface area (Å²) >= 11 is 0. The quantitative estimate of drug-likeness (QED) is 0.605. The molecule has 78 valence electrons. The zero-order valence-corrected chi connectivity index (χ0v) is 8.84. The predicted octanol–water partition coefficient (Wildman–Crippen LogP) is -0.208. The third-order valence-corrected chi connectivity index (χ3v) is 2.07. The largest absolute Gasteiger partial charge is 0.342 e. The minimum atomic E-state index is 0.144. The van der Waals surface area contributed by atoms with E-state index in [0.717, 1.165) is 13.1 Å². The lowest BCUT2D eigenvalue weighted by molar-refractivity contribution is -0.129. The Kier molecular flexibility index (Phi) is 6.54. The zero-order valence-electron chi connectivity index (χ0n) is 8.84. The number of nitrogens with two attached hydrogens (primary N) is 1. The van der Waals surface area contributed by atoms with Gasteiger partial charge in [0.15, 0.2) is 0 Å². The highest BCUT2D eigenvalue weighted by molar-refractivity contribution is 5.78. The van der Waals surface area contributed by atoms with Crippen LogP contribution in [0.15, 0.2) is 0 Å². The fourth-order valence-electron chi connectivity index (χ4n) is 1.03. The van der Waals surface area contributed by atoms with Crippen LogP contribution in [0.25, 0.3) is 0 Å². The molecule has 0 bridgehead atoms. The molecule has 13 heavy (non-hydrogen) atoms. The van der Waals surface area contributed by atoms with E-state index in [1.54, 1.807) is 4.90 Å². The number of rotatable bonds is 6. The summed E-state index contributed by atoms with van der Waals surface area (Å²) in [4.78, 5) is 13.3. The summed E-state index contributed by atoms with van der Waals surface area (Å²) in [6, 6.07) is 0.208. The SMILES string of the molecule is CCN(CC)C(=O)CNC(C)CN. The average Bonchev–Trinajstić information content (AvgIpc) is 2.16. The number of nitrogens with one attached hydrogen (secondary N) is 1. The van der Waals surface area contributed by atoms with E-state index in [1.807, 2.05) is 20.8 Å². The van der Waals surface area contributed by atoms with Gasteiger partial charge in [-0.05, 0) is 20.8 Å². The minimum absolute atomic E-state index is 0.144. The predicted molar refractivity (Wildman–Crippen MR) is 54.4 cm³/mol. The second-order valence-corrected chi connectivity index (χ2v) is 3.08. The molecule has 0 aromatic heterocycles. The number of hydrogen-bond acceptors (Lipinski definition) is 3. The maximum Gasteiger partial charge on any atom is 0.236 e. The van der Waals surface area contributed by atoms with Gasteiger partial charge in [-0.1, -0.05) is 0 Å². The lowest BCUT2D eigenvalue weighted by Crippen LogP contribution is -2.42. The van der Waals surface area contributed by atoms with Crippen molar-refractivity contribution in [3.8, 4) is 0 Å². The first-order valence-electron chi connectivity index (χ1n) is 4.86. The van der Waals surface area contributed by atoms with Crippen LogP contribution in [0.4, 0.5) is 0 Å². The molecule has 0 heterocycles. The molecule has 0 fully saturated rings. The molecule has 0 aromatic rings. The van der Waals surface area contributed by atoms with Gasteiger partial charge in [0.1, 0.15) is 0 Å². The van der Waals surface area contributed by atoms with Gasteiger partial charge in [-0.15, -0.1) is 0 Å². The summed E-state index contributed by atoms with van der Waals surface area (Å²) in [6.45, 7) is 8.42. The third kappa shape index (κ3) is 4.85. The van der Waals surface area contributed by atoms with Crippen LogP contribution in [0.3, 0.4) is 0 Å². The van der Waals surface area contributed by atoms with Crippen molar-refractivity contribution in [1.29, 1.82) is 0 Å². The number of amides is 1. The van der Waals surface area contributed by atoms with E-state index in [1.165, 1.54) is 0 Å². The van der Waals surface area contributed by atoms with Crippen molar-refractivity contribution in [3.63, 3.8) is 0 Å². The molecule has 0 rings (SSSR count). The van der Waals surface area contributed by atoms with Crippen molar-refractivity contribution >= 4 is 5.91 Å². The Balaban J connectivity index is 3.72. The monoisotopic (exact) mass is 187 g/mol. The highest BCUT2D eigenvalue weighted by Crippen LogP contribution is 1.88. The maximum absolute atomic E-state index is 11.4. The van der Waals surface area contributed by atoms with E-state index >= 15 is 0 Å². The summed E-state index contributed by atoms with van der Waals surface area (Å²) in [5, 5.41) is 3.06. The van der Waals surface area contributed by atoms with Gasteiger partial charge in [0.2, 0.25) is 5.91 Å². The van der Waals surface area contributed by atoms with Crippen molar-refractivity contribution in [3.05, 3.63) is 0 Å². The van der Waals surface area contributed by atoms with Crippen molar-refractivity contribution < 1.29 is 4.79 Å². The Labute approximate surface area is 80.5 Å². The van der Waals surface area contributed by atoms with Crippen LogP contribution >= 0.6 is 0 Å². The van der Waals surface area contributed by atoms with Gasteiger partial charge in [0.25, 0.3) is 0 Å². The van der Waals surface area contributed by atoms with E-state index in [2.05, 4.69) is 5.32 Å². The normalized spacial score (nSPS) is 12.6.